The summed E-state index contributed by atoms with van der Waals surface area (Å²) in [7, 11) is 0. The summed E-state index contributed by atoms with van der Waals surface area (Å²) >= 11 is 0. The van der Waals surface area contributed by atoms with Gasteiger partial charge in [0.05, 0.1) is 6.04 Å². The van der Waals surface area contributed by atoms with Crippen molar-refractivity contribution in [2.75, 3.05) is 29.0 Å². The molecule has 8 nitrogen and oxygen atoms in total. The van der Waals surface area contributed by atoms with Crippen molar-refractivity contribution < 1.29 is 9.53 Å². The maximum Gasteiger partial charge on any atom is 0.293 e. The van der Waals surface area contributed by atoms with E-state index in [2.05, 4.69) is 78.8 Å². The standard InChI is InChI=1S/C21H24N6.C5H10O2/c22-19-20(26-18-11-23-12-18)24-15-25-21(19)27(13-16-7-3-1-4-8-16)14-17-9-5-2-6-10-17;1-5(2,3)7-4-6/h1-10,15,18,23H,11-14,22H2,(H,24,25,26);4H,1-3H3. The minimum atomic E-state index is -0.318. The fourth-order valence-corrected chi connectivity index (χ4v) is 3.29. The number of benzene rings is 2. The molecule has 180 valence electrons. The minimum absolute atomic E-state index is 0.318. The smallest absolute Gasteiger partial charge is 0.293 e. The molecule has 0 atom stereocenters. The summed E-state index contributed by atoms with van der Waals surface area (Å²) in [5.74, 6) is 1.46. The van der Waals surface area contributed by atoms with Crippen LogP contribution in [-0.2, 0) is 22.6 Å². The second-order valence-electron chi connectivity index (χ2n) is 9.11. The number of carbonyl (C=O) groups excluding carboxylic acids is 1. The van der Waals surface area contributed by atoms with Gasteiger partial charge < -0.3 is 26.0 Å². The van der Waals surface area contributed by atoms with Crippen LogP contribution in [0.3, 0.4) is 0 Å². The lowest BCUT2D eigenvalue weighted by Gasteiger charge is -2.30. The summed E-state index contributed by atoms with van der Waals surface area (Å²) in [6, 6.07) is 21.1. The summed E-state index contributed by atoms with van der Waals surface area (Å²) < 4.78 is 4.55. The minimum Gasteiger partial charge on any atom is -0.462 e. The van der Waals surface area contributed by atoms with E-state index in [9.17, 15) is 4.79 Å². The molecule has 0 spiro atoms. The molecule has 1 aliphatic heterocycles. The lowest BCUT2D eigenvalue weighted by Crippen LogP contribution is -2.51. The Kier molecular flexibility index (Phi) is 8.81. The highest BCUT2D eigenvalue weighted by molar-refractivity contribution is 5.75. The Balaban J connectivity index is 0.000000406. The molecule has 0 aliphatic carbocycles. The monoisotopic (exact) mass is 462 g/mol. The van der Waals surface area contributed by atoms with Crippen LogP contribution >= 0.6 is 0 Å². The van der Waals surface area contributed by atoms with Crippen molar-refractivity contribution in [2.45, 2.75) is 45.5 Å². The molecule has 0 bridgehead atoms. The SMILES string of the molecule is CC(C)(C)OC=O.Nc1c(NC2CNC2)ncnc1N(Cc1ccccc1)Cc1ccccc1. The zero-order chi connectivity index (χ0) is 24.4. The number of hydrogen-bond donors (Lipinski definition) is 3. The number of anilines is 3. The van der Waals surface area contributed by atoms with Crippen molar-refractivity contribution in [3.63, 3.8) is 0 Å². The lowest BCUT2D eigenvalue weighted by atomic mass is 10.1. The molecule has 0 amide bonds. The van der Waals surface area contributed by atoms with Gasteiger partial charge in [-0.05, 0) is 31.9 Å². The highest BCUT2D eigenvalue weighted by atomic mass is 16.5. The fraction of sp³-hybridized carbons (Fsp3) is 0.346. The molecule has 2 aromatic carbocycles. The van der Waals surface area contributed by atoms with Crippen LogP contribution in [0.5, 0.6) is 0 Å². The Labute approximate surface area is 201 Å². The van der Waals surface area contributed by atoms with E-state index in [0.29, 0.717) is 24.0 Å². The van der Waals surface area contributed by atoms with Crippen molar-refractivity contribution >= 4 is 23.8 Å². The zero-order valence-corrected chi connectivity index (χ0v) is 20.1. The van der Waals surface area contributed by atoms with Crippen LogP contribution in [0.25, 0.3) is 0 Å². The number of nitrogens with zero attached hydrogens (tertiary/aromatic N) is 3. The molecule has 2 heterocycles. The van der Waals surface area contributed by atoms with Gasteiger partial charge in [0.25, 0.3) is 6.47 Å². The maximum atomic E-state index is 9.60. The highest BCUT2D eigenvalue weighted by Gasteiger charge is 2.21. The summed E-state index contributed by atoms with van der Waals surface area (Å²) in [4.78, 5) is 20.7. The molecule has 8 heteroatoms. The second kappa shape index (κ2) is 12.0. The molecule has 4 N–H and O–H groups in total. The van der Waals surface area contributed by atoms with Crippen molar-refractivity contribution in [3.05, 3.63) is 78.1 Å². The Morgan fingerprint density at radius 3 is 2.00 bits per heavy atom. The van der Waals surface area contributed by atoms with Gasteiger partial charge in [-0.1, -0.05) is 60.7 Å². The molecule has 0 saturated carbocycles. The molecule has 4 rings (SSSR count). The van der Waals surface area contributed by atoms with E-state index in [1.807, 2.05) is 32.9 Å². The molecule has 0 radical (unpaired) electrons. The topological polar surface area (TPSA) is 105 Å². The van der Waals surface area contributed by atoms with E-state index in [-0.39, 0.29) is 5.60 Å². The van der Waals surface area contributed by atoms with Crippen LogP contribution in [0, 0.1) is 0 Å². The van der Waals surface area contributed by atoms with Gasteiger partial charge in [0.15, 0.2) is 11.6 Å². The molecular weight excluding hydrogens is 428 g/mol. The number of rotatable bonds is 8. The number of hydrogen-bond acceptors (Lipinski definition) is 8. The Morgan fingerprint density at radius 2 is 1.59 bits per heavy atom. The molecular formula is C26H34N6O2. The summed E-state index contributed by atoms with van der Waals surface area (Å²) in [5, 5.41) is 6.65. The Hall–Kier alpha value is -3.65. The fourth-order valence-electron chi connectivity index (χ4n) is 3.29. The van der Waals surface area contributed by atoms with Gasteiger partial charge in [0.1, 0.15) is 17.6 Å². The number of nitrogens with two attached hydrogens (primary N) is 1. The third-order valence-corrected chi connectivity index (χ3v) is 5.12. The van der Waals surface area contributed by atoms with Crippen LogP contribution in [0.1, 0.15) is 31.9 Å². The van der Waals surface area contributed by atoms with Crippen molar-refractivity contribution in [2.24, 2.45) is 0 Å². The second-order valence-corrected chi connectivity index (χ2v) is 9.11. The van der Waals surface area contributed by atoms with Gasteiger partial charge in [0.2, 0.25) is 0 Å². The third kappa shape index (κ3) is 7.74. The normalized spacial score (nSPS) is 13.1. The van der Waals surface area contributed by atoms with Crippen LogP contribution in [-0.4, -0.2) is 41.2 Å². The number of nitrogen functional groups attached to an aromatic ring is 1. The summed E-state index contributed by atoms with van der Waals surface area (Å²) in [5.41, 5.74) is 9.17. The number of nitrogens with one attached hydrogen (secondary N) is 2. The van der Waals surface area contributed by atoms with Crippen molar-refractivity contribution in [3.8, 4) is 0 Å². The largest absolute Gasteiger partial charge is 0.462 e. The van der Waals surface area contributed by atoms with Gasteiger partial charge in [0, 0.05) is 26.2 Å². The lowest BCUT2D eigenvalue weighted by molar-refractivity contribution is -0.138. The van der Waals surface area contributed by atoms with Crippen LogP contribution in [0.4, 0.5) is 17.3 Å². The van der Waals surface area contributed by atoms with Gasteiger partial charge in [-0.3, -0.25) is 4.79 Å². The maximum absolute atomic E-state index is 9.60. The first-order chi connectivity index (χ1) is 16.4. The average Bonchev–Trinajstić information content (AvgIpc) is 2.78. The predicted molar refractivity (Wildman–Crippen MR) is 136 cm³/mol. The molecule has 0 unspecified atom stereocenters. The average molecular weight is 463 g/mol. The summed E-state index contributed by atoms with van der Waals surface area (Å²) in [6.07, 6.45) is 1.59. The number of aromatic nitrogens is 2. The third-order valence-electron chi connectivity index (χ3n) is 5.12. The predicted octanol–water partition coefficient (Wildman–Crippen LogP) is 3.61. The first kappa shape index (κ1) is 25.0. The molecule has 1 aliphatic rings. The zero-order valence-electron chi connectivity index (χ0n) is 20.1. The van der Waals surface area contributed by atoms with E-state index < -0.39 is 0 Å². The van der Waals surface area contributed by atoms with E-state index in [1.165, 1.54) is 11.1 Å². The Morgan fingerprint density at radius 1 is 1.03 bits per heavy atom. The Bertz CT molecular complexity index is 979. The molecule has 3 aromatic rings. The van der Waals surface area contributed by atoms with Gasteiger partial charge >= 0.3 is 0 Å². The first-order valence-corrected chi connectivity index (χ1v) is 11.4. The number of ether oxygens (including phenoxy) is 1. The van der Waals surface area contributed by atoms with Gasteiger partial charge in [-0.2, -0.15) is 0 Å². The van der Waals surface area contributed by atoms with E-state index in [4.69, 9.17) is 5.73 Å². The molecule has 1 aromatic heterocycles. The first-order valence-electron chi connectivity index (χ1n) is 11.4. The molecule has 1 saturated heterocycles. The number of carbonyl (C=O) groups is 1. The molecule has 34 heavy (non-hydrogen) atoms. The summed E-state index contributed by atoms with van der Waals surface area (Å²) in [6.45, 7) is 9.22. The van der Waals surface area contributed by atoms with Crippen molar-refractivity contribution in [1.82, 2.24) is 15.3 Å². The van der Waals surface area contributed by atoms with E-state index in [0.717, 1.165) is 32.0 Å². The molecule has 1 fully saturated rings. The van der Waals surface area contributed by atoms with Crippen LogP contribution in [0.15, 0.2) is 67.0 Å². The van der Waals surface area contributed by atoms with Gasteiger partial charge in [-0.25, -0.2) is 9.97 Å². The highest BCUT2D eigenvalue weighted by Crippen LogP contribution is 2.29. The van der Waals surface area contributed by atoms with Gasteiger partial charge in [-0.15, -0.1) is 0 Å². The van der Waals surface area contributed by atoms with E-state index >= 15 is 0 Å². The van der Waals surface area contributed by atoms with Crippen molar-refractivity contribution in [1.29, 1.82) is 0 Å². The quantitative estimate of drug-likeness (QED) is 0.436. The van der Waals surface area contributed by atoms with Crippen LogP contribution < -0.4 is 21.3 Å². The van der Waals surface area contributed by atoms with Crippen LogP contribution in [0.2, 0.25) is 0 Å². The van der Waals surface area contributed by atoms with E-state index in [1.54, 1.807) is 6.33 Å².